The smallest absolute Gasteiger partial charge is 0.329 e. The van der Waals surface area contributed by atoms with Gasteiger partial charge in [-0.05, 0) is 32.1 Å². The molecular weight excluding hydrogens is 246 g/mol. The van der Waals surface area contributed by atoms with E-state index in [4.69, 9.17) is 14.6 Å². The first kappa shape index (κ1) is 14.8. The van der Waals surface area contributed by atoms with Gasteiger partial charge in [0.15, 0.2) is 0 Å². The first-order valence-corrected chi connectivity index (χ1v) is 7.38. The zero-order valence-electron chi connectivity index (χ0n) is 11.7. The van der Waals surface area contributed by atoms with E-state index in [-0.39, 0.29) is 12.7 Å². The lowest BCUT2D eigenvalue weighted by atomic mass is 9.97. The van der Waals surface area contributed by atoms with Gasteiger partial charge in [0.2, 0.25) is 0 Å². The molecule has 0 aromatic carbocycles. The molecule has 2 unspecified atom stereocenters. The zero-order valence-corrected chi connectivity index (χ0v) is 11.7. The van der Waals surface area contributed by atoms with Gasteiger partial charge in [0.25, 0.3) is 0 Å². The van der Waals surface area contributed by atoms with Crippen molar-refractivity contribution >= 4 is 5.97 Å². The zero-order chi connectivity index (χ0) is 13.7. The van der Waals surface area contributed by atoms with Crippen molar-refractivity contribution in [2.75, 3.05) is 26.3 Å². The third kappa shape index (κ3) is 4.44. The Hall–Kier alpha value is -0.650. The topological polar surface area (TPSA) is 59.0 Å². The van der Waals surface area contributed by atoms with Gasteiger partial charge in [0.05, 0.1) is 12.2 Å². The number of ether oxygens (including phenoxy) is 2. The van der Waals surface area contributed by atoms with Crippen LogP contribution in [-0.2, 0) is 14.3 Å². The van der Waals surface area contributed by atoms with Crippen LogP contribution in [0.3, 0.4) is 0 Å². The summed E-state index contributed by atoms with van der Waals surface area (Å²) < 4.78 is 11.1. The van der Waals surface area contributed by atoms with Crippen molar-refractivity contribution in [2.45, 2.75) is 57.3 Å². The quantitative estimate of drug-likeness (QED) is 0.821. The first-order valence-electron chi connectivity index (χ1n) is 7.38. The van der Waals surface area contributed by atoms with Crippen LogP contribution in [0.5, 0.6) is 0 Å². The largest absolute Gasteiger partial charge is 0.480 e. The van der Waals surface area contributed by atoms with Crippen LogP contribution in [0.1, 0.15) is 39.0 Å². The van der Waals surface area contributed by atoms with Crippen molar-refractivity contribution in [3.8, 4) is 0 Å². The molecule has 0 aromatic heterocycles. The maximum absolute atomic E-state index is 10.5. The van der Waals surface area contributed by atoms with Gasteiger partial charge in [-0.15, -0.1) is 0 Å². The SMILES string of the molecule is CCC1CC(N2CCC(OCC(=O)O)CC2)CCO1. The van der Waals surface area contributed by atoms with Crippen molar-refractivity contribution in [3.05, 3.63) is 0 Å². The summed E-state index contributed by atoms with van der Waals surface area (Å²) in [6.07, 6.45) is 5.78. The van der Waals surface area contributed by atoms with Gasteiger partial charge in [0, 0.05) is 25.7 Å². The molecule has 110 valence electrons. The highest BCUT2D eigenvalue weighted by molar-refractivity contribution is 5.68. The highest BCUT2D eigenvalue weighted by Gasteiger charge is 2.29. The minimum atomic E-state index is -0.877. The van der Waals surface area contributed by atoms with Crippen molar-refractivity contribution < 1.29 is 19.4 Å². The fraction of sp³-hybridized carbons (Fsp3) is 0.929. The summed E-state index contributed by atoms with van der Waals surface area (Å²) in [7, 11) is 0. The summed E-state index contributed by atoms with van der Waals surface area (Å²) in [6.45, 7) is 4.92. The second kappa shape index (κ2) is 7.22. The molecule has 2 aliphatic rings. The molecule has 0 aromatic rings. The number of hydrogen-bond acceptors (Lipinski definition) is 4. The second-order valence-corrected chi connectivity index (χ2v) is 5.52. The van der Waals surface area contributed by atoms with Gasteiger partial charge in [-0.3, -0.25) is 0 Å². The van der Waals surface area contributed by atoms with E-state index in [0.29, 0.717) is 12.1 Å². The number of rotatable bonds is 5. The van der Waals surface area contributed by atoms with Crippen LogP contribution in [0, 0.1) is 0 Å². The Balaban J connectivity index is 1.72. The minimum absolute atomic E-state index is 0.120. The van der Waals surface area contributed by atoms with Gasteiger partial charge < -0.3 is 19.5 Å². The molecule has 19 heavy (non-hydrogen) atoms. The third-order valence-electron chi connectivity index (χ3n) is 4.23. The Kier molecular flexibility index (Phi) is 5.60. The van der Waals surface area contributed by atoms with E-state index in [0.717, 1.165) is 51.8 Å². The summed E-state index contributed by atoms with van der Waals surface area (Å²) in [5.74, 6) is -0.877. The Labute approximate surface area is 114 Å². The van der Waals surface area contributed by atoms with E-state index in [1.807, 2.05) is 0 Å². The molecule has 2 aliphatic heterocycles. The highest BCUT2D eigenvalue weighted by Crippen LogP contribution is 2.24. The molecular formula is C14H25NO4. The summed E-state index contributed by atoms with van der Waals surface area (Å²) in [5, 5.41) is 8.61. The molecule has 2 saturated heterocycles. The molecule has 0 radical (unpaired) electrons. The van der Waals surface area contributed by atoms with Crippen LogP contribution in [0.25, 0.3) is 0 Å². The van der Waals surface area contributed by atoms with Gasteiger partial charge >= 0.3 is 5.97 Å². The van der Waals surface area contributed by atoms with E-state index in [2.05, 4.69) is 11.8 Å². The van der Waals surface area contributed by atoms with E-state index in [1.54, 1.807) is 0 Å². The maximum Gasteiger partial charge on any atom is 0.329 e. The lowest BCUT2D eigenvalue weighted by molar-refractivity contribution is -0.145. The normalized spacial score (nSPS) is 30.4. The van der Waals surface area contributed by atoms with E-state index >= 15 is 0 Å². The standard InChI is InChI=1S/C14H25NO4/c1-2-12-9-11(5-8-18-12)15-6-3-13(4-7-15)19-10-14(16)17/h11-13H,2-10H2,1H3,(H,16,17). The first-order chi connectivity index (χ1) is 9.19. The average Bonchev–Trinajstić information content (AvgIpc) is 2.45. The molecule has 2 heterocycles. The van der Waals surface area contributed by atoms with Crippen LogP contribution in [0.4, 0.5) is 0 Å². The number of carbonyl (C=O) groups is 1. The summed E-state index contributed by atoms with van der Waals surface area (Å²) in [5.41, 5.74) is 0. The number of likely N-dealkylation sites (tertiary alicyclic amines) is 1. The average molecular weight is 271 g/mol. The van der Waals surface area contributed by atoms with Crippen LogP contribution < -0.4 is 0 Å². The van der Waals surface area contributed by atoms with Crippen LogP contribution in [0.2, 0.25) is 0 Å². The molecule has 5 nitrogen and oxygen atoms in total. The number of piperidine rings is 1. The molecule has 1 N–H and O–H groups in total. The lowest BCUT2D eigenvalue weighted by Gasteiger charge is -2.41. The minimum Gasteiger partial charge on any atom is -0.480 e. The van der Waals surface area contributed by atoms with E-state index < -0.39 is 5.97 Å². The fourth-order valence-corrected chi connectivity index (χ4v) is 3.07. The molecule has 0 spiro atoms. The summed E-state index contributed by atoms with van der Waals surface area (Å²) in [4.78, 5) is 13.0. The van der Waals surface area contributed by atoms with Gasteiger partial charge in [-0.2, -0.15) is 0 Å². The Morgan fingerprint density at radius 3 is 2.74 bits per heavy atom. The monoisotopic (exact) mass is 271 g/mol. The predicted octanol–water partition coefficient (Wildman–Crippen LogP) is 1.51. The number of carboxylic acid groups (broad SMARTS) is 1. The van der Waals surface area contributed by atoms with Gasteiger partial charge in [-0.1, -0.05) is 6.92 Å². The number of nitrogens with zero attached hydrogens (tertiary/aromatic N) is 1. The van der Waals surface area contributed by atoms with Crippen molar-refractivity contribution in [2.24, 2.45) is 0 Å². The van der Waals surface area contributed by atoms with Crippen LogP contribution >= 0.6 is 0 Å². The lowest BCUT2D eigenvalue weighted by Crippen LogP contribution is -2.47. The summed E-state index contributed by atoms with van der Waals surface area (Å²) in [6, 6.07) is 0.638. The molecule has 0 saturated carbocycles. The maximum atomic E-state index is 10.5. The van der Waals surface area contributed by atoms with Crippen molar-refractivity contribution in [1.29, 1.82) is 0 Å². The second-order valence-electron chi connectivity index (χ2n) is 5.52. The van der Waals surface area contributed by atoms with Crippen molar-refractivity contribution in [3.63, 3.8) is 0 Å². The molecule has 0 bridgehead atoms. The van der Waals surface area contributed by atoms with Gasteiger partial charge in [0.1, 0.15) is 6.61 Å². The Morgan fingerprint density at radius 1 is 1.37 bits per heavy atom. The third-order valence-corrected chi connectivity index (χ3v) is 4.23. The number of carboxylic acids is 1. The predicted molar refractivity (Wildman–Crippen MR) is 71.2 cm³/mol. The molecule has 2 fully saturated rings. The van der Waals surface area contributed by atoms with E-state index in [9.17, 15) is 4.79 Å². The fourth-order valence-electron chi connectivity index (χ4n) is 3.07. The van der Waals surface area contributed by atoms with Crippen LogP contribution in [-0.4, -0.2) is 60.5 Å². The Morgan fingerprint density at radius 2 is 2.11 bits per heavy atom. The molecule has 0 amide bonds. The van der Waals surface area contributed by atoms with Crippen LogP contribution in [0.15, 0.2) is 0 Å². The molecule has 5 heteroatoms. The molecule has 0 aliphatic carbocycles. The molecule has 2 rings (SSSR count). The van der Waals surface area contributed by atoms with Crippen molar-refractivity contribution in [1.82, 2.24) is 4.90 Å². The van der Waals surface area contributed by atoms with Gasteiger partial charge in [-0.25, -0.2) is 4.79 Å². The number of hydrogen-bond donors (Lipinski definition) is 1. The Bertz CT molecular complexity index is 289. The van der Waals surface area contributed by atoms with E-state index in [1.165, 1.54) is 0 Å². The molecule has 2 atom stereocenters. The summed E-state index contributed by atoms with van der Waals surface area (Å²) >= 11 is 0. The highest BCUT2D eigenvalue weighted by atomic mass is 16.5. The number of aliphatic carboxylic acids is 1.